The summed E-state index contributed by atoms with van der Waals surface area (Å²) in [5, 5.41) is 3.17. The first-order valence-corrected chi connectivity index (χ1v) is 13.8. The molecular formula is C31H26ClFN2O3S. The summed E-state index contributed by atoms with van der Waals surface area (Å²) in [5.41, 5.74) is 2.31. The topological polar surface area (TPSA) is 51.1 Å². The number of carbonyl (C=O) groups is 1. The highest BCUT2D eigenvalue weighted by molar-refractivity contribution is 8.18. The first kappa shape index (κ1) is 26.8. The second-order valence-electron chi connectivity index (χ2n) is 8.72. The number of ether oxygens (including phenoxy) is 2. The van der Waals surface area contributed by atoms with Gasteiger partial charge >= 0.3 is 0 Å². The molecule has 8 heteroatoms. The number of amides is 1. The fraction of sp³-hybridized carbons (Fsp3) is 0.161. The molecule has 39 heavy (non-hydrogen) atoms. The summed E-state index contributed by atoms with van der Waals surface area (Å²) in [6, 6.07) is 23.7. The zero-order valence-corrected chi connectivity index (χ0v) is 23.1. The van der Waals surface area contributed by atoms with Crippen molar-refractivity contribution < 1.29 is 18.7 Å². The Kier molecular flexibility index (Phi) is 8.19. The average Bonchev–Trinajstić information content (AvgIpc) is 3.22. The molecule has 0 radical (unpaired) electrons. The van der Waals surface area contributed by atoms with Crippen LogP contribution < -0.4 is 9.47 Å². The van der Waals surface area contributed by atoms with Gasteiger partial charge < -0.3 is 9.47 Å². The van der Waals surface area contributed by atoms with E-state index in [0.717, 1.165) is 16.3 Å². The first-order chi connectivity index (χ1) is 19.0. The van der Waals surface area contributed by atoms with Crippen molar-refractivity contribution in [3.05, 3.63) is 106 Å². The summed E-state index contributed by atoms with van der Waals surface area (Å²) in [6.45, 7) is 4.97. The van der Waals surface area contributed by atoms with E-state index in [-0.39, 0.29) is 11.7 Å². The Morgan fingerprint density at radius 1 is 1.00 bits per heavy atom. The minimum atomic E-state index is -0.339. The number of carbonyl (C=O) groups excluding carboxylic acids is 1. The molecule has 0 saturated carbocycles. The average molecular weight is 561 g/mol. The van der Waals surface area contributed by atoms with Crippen molar-refractivity contribution in [2.75, 3.05) is 13.2 Å². The predicted octanol–water partition coefficient (Wildman–Crippen LogP) is 8.23. The van der Waals surface area contributed by atoms with Crippen LogP contribution in [0.25, 0.3) is 16.8 Å². The van der Waals surface area contributed by atoms with Crippen molar-refractivity contribution in [3.63, 3.8) is 0 Å². The van der Waals surface area contributed by atoms with E-state index in [1.54, 1.807) is 29.2 Å². The van der Waals surface area contributed by atoms with Crippen molar-refractivity contribution in [1.29, 1.82) is 0 Å². The Balaban J connectivity index is 1.42. The molecule has 198 valence electrons. The molecule has 1 fully saturated rings. The molecule has 5 nitrogen and oxygen atoms in total. The van der Waals surface area contributed by atoms with E-state index in [1.165, 1.54) is 23.9 Å². The number of halogens is 2. The number of hydrogen-bond donors (Lipinski definition) is 0. The van der Waals surface area contributed by atoms with Gasteiger partial charge in [-0.25, -0.2) is 9.38 Å². The number of nitrogens with zero attached hydrogens (tertiary/aromatic N) is 2. The van der Waals surface area contributed by atoms with Crippen LogP contribution in [-0.4, -0.2) is 29.1 Å². The van der Waals surface area contributed by atoms with Crippen molar-refractivity contribution in [1.82, 2.24) is 4.90 Å². The standard InChI is InChI=1S/C31H26ClFN2O3S/c1-3-35-30(36)28(39-31(35)34-24-14-12-23(33)13-15-24)18-20-16-26(32)29(27(17-20)37-4-2)38-19-22-10-7-9-21-8-5-6-11-25(21)22/h5-18H,3-4,19H2,1-2H3/b28-18+,34-31?. The van der Waals surface area contributed by atoms with Gasteiger partial charge in [0, 0.05) is 6.54 Å². The highest BCUT2D eigenvalue weighted by Crippen LogP contribution is 2.40. The normalized spacial score (nSPS) is 15.5. The zero-order valence-electron chi connectivity index (χ0n) is 21.5. The van der Waals surface area contributed by atoms with Crippen LogP contribution in [0, 0.1) is 5.82 Å². The van der Waals surface area contributed by atoms with Crippen molar-refractivity contribution in [2.24, 2.45) is 4.99 Å². The summed E-state index contributed by atoms with van der Waals surface area (Å²) in [6.07, 6.45) is 1.77. The Labute approximate surface area is 235 Å². The Hall–Kier alpha value is -3.81. The number of likely N-dealkylation sites (N-methyl/N-ethyl adjacent to an activating group) is 1. The fourth-order valence-electron chi connectivity index (χ4n) is 4.29. The third kappa shape index (κ3) is 5.95. The molecule has 4 aromatic rings. The molecule has 0 unspecified atom stereocenters. The van der Waals surface area contributed by atoms with Gasteiger partial charge in [-0.15, -0.1) is 0 Å². The van der Waals surface area contributed by atoms with E-state index in [4.69, 9.17) is 21.1 Å². The van der Waals surface area contributed by atoms with Gasteiger partial charge in [-0.1, -0.05) is 54.1 Å². The van der Waals surface area contributed by atoms with Crippen LogP contribution in [-0.2, 0) is 11.4 Å². The molecule has 0 aliphatic carbocycles. The van der Waals surface area contributed by atoms with Gasteiger partial charge in [-0.05, 0) is 90.0 Å². The van der Waals surface area contributed by atoms with Crippen LogP contribution in [0.3, 0.4) is 0 Å². The summed E-state index contributed by atoms with van der Waals surface area (Å²) in [4.78, 5) is 19.8. The lowest BCUT2D eigenvalue weighted by atomic mass is 10.1. The maximum Gasteiger partial charge on any atom is 0.266 e. The zero-order chi connectivity index (χ0) is 27.4. The Morgan fingerprint density at radius 3 is 2.54 bits per heavy atom. The van der Waals surface area contributed by atoms with E-state index in [9.17, 15) is 9.18 Å². The lowest BCUT2D eigenvalue weighted by Gasteiger charge is -2.15. The van der Waals surface area contributed by atoms with Crippen molar-refractivity contribution in [2.45, 2.75) is 20.5 Å². The predicted molar refractivity (Wildman–Crippen MR) is 157 cm³/mol. The summed E-state index contributed by atoms with van der Waals surface area (Å²) in [7, 11) is 0. The number of rotatable bonds is 8. The SMILES string of the molecule is CCOc1cc(/C=C2/SC(=Nc3ccc(F)cc3)N(CC)C2=O)cc(Cl)c1OCc1cccc2ccccc12. The maximum absolute atomic E-state index is 13.3. The van der Waals surface area contributed by atoms with Crippen LogP contribution in [0.2, 0.25) is 5.02 Å². The van der Waals surface area contributed by atoms with Crippen molar-refractivity contribution >= 4 is 57.0 Å². The molecule has 1 saturated heterocycles. The van der Waals surface area contributed by atoms with Gasteiger partial charge in [0.1, 0.15) is 12.4 Å². The summed E-state index contributed by atoms with van der Waals surface area (Å²) < 4.78 is 25.4. The number of benzene rings is 4. The monoisotopic (exact) mass is 560 g/mol. The molecule has 1 aliphatic rings. The summed E-state index contributed by atoms with van der Waals surface area (Å²) >= 11 is 7.95. The second kappa shape index (κ2) is 11.9. The highest BCUT2D eigenvalue weighted by atomic mass is 35.5. The van der Waals surface area contributed by atoms with Gasteiger partial charge in [0.15, 0.2) is 16.7 Å². The van der Waals surface area contributed by atoms with Crippen LogP contribution in [0.1, 0.15) is 25.0 Å². The quantitative estimate of drug-likeness (QED) is 0.204. The lowest BCUT2D eigenvalue weighted by molar-refractivity contribution is -0.122. The number of thioether (sulfide) groups is 1. The summed E-state index contributed by atoms with van der Waals surface area (Å²) in [5.74, 6) is 0.454. The Bertz CT molecular complexity index is 1580. The number of amidine groups is 1. The van der Waals surface area contributed by atoms with E-state index < -0.39 is 0 Å². The largest absolute Gasteiger partial charge is 0.490 e. The highest BCUT2D eigenvalue weighted by Gasteiger charge is 2.32. The molecule has 0 aromatic heterocycles. The van der Waals surface area contributed by atoms with E-state index in [2.05, 4.69) is 23.2 Å². The van der Waals surface area contributed by atoms with E-state index in [1.807, 2.05) is 44.2 Å². The van der Waals surface area contributed by atoms with Crippen LogP contribution >= 0.6 is 23.4 Å². The second-order valence-corrected chi connectivity index (χ2v) is 10.1. The first-order valence-electron chi connectivity index (χ1n) is 12.6. The molecule has 0 N–H and O–H groups in total. The van der Waals surface area contributed by atoms with Crippen LogP contribution in [0.5, 0.6) is 11.5 Å². The Morgan fingerprint density at radius 2 is 1.77 bits per heavy atom. The molecule has 1 amide bonds. The molecule has 4 aromatic carbocycles. The van der Waals surface area contributed by atoms with Crippen LogP contribution in [0.4, 0.5) is 10.1 Å². The molecule has 0 spiro atoms. The molecular weight excluding hydrogens is 535 g/mol. The lowest BCUT2D eigenvalue weighted by Crippen LogP contribution is -2.28. The molecule has 0 bridgehead atoms. The van der Waals surface area contributed by atoms with Crippen molar-refractivity contribution in [3.8, 4) is 11.5 Å². The van der Waals surface area contributed by atoms with E-state index >= 15 is 0 Å². The molecule has 1 heterocycles. The van der Waals surface area contributed by atoms with Gasteiger partial charge in [-0.2, -0.15) is 0 Å². The number of aliphatic imine (C=N–C) groups is 1. The minimum absolute atomic E-state index is 0.159. The molecule has 5 rings (SSSR count). The minimum Gasteiger partial charge on any atom is -0.490 e. The number of hydrogen-bond acceptors (Lipinski definition) is 5. The third-order valence-electron chi connectivity index (χ3n) is 6.14. The van der Waals surface area contributed by atoms with E-state index in [0.29, 0.717) is 57.6 Å². The molecule has 1 aliphatic heterocycles. The smallest absolute Gasteiger partial charge is 0.266 e. The van der Waals surface area contributed by atoms with Gasteiger partial charge in [0.2, 0.25) is 0 Å². The maximum atomic E-state index is 13.3. The van der Waals surface area contributed by atoms with Gasteiger partial charge in [-0.3, -0.25) is 9.69 Å². The number of fused-ring (bicyclic) bond motifs is 1. The fourth-order valence-corrected chi connectivity index (χ4v) is 5.63. The van der Waals surface area contributed by atoms with Gasteiger partial charge in [0.25, 0.3) is 5.91 Å². The van der Waals surface area contributed by atoms with Gasteiger partial charge in [0.05, 0.1) is 22.2 Å². The van der Waals surface area contributed by atoms with Crippen LogP contribution in [0.15, 0.2) is 88.8 Å². The molecule has 0 atom stereocenters. The third-order valence-corrected chi connectivity index (χ3v) is 7.42.